The number of nitrogens with zero attached hydrogens (tertiary/aromatic N) is 3. The van der Waals surface area contributed by atoms with E-state index in [4.69, 9.17) is 11.6 Å². The zero-order valence-electron chi connectivity index (χ0n) is 13.7. The summed E-state index contributed by atoms with van der Waals surface area (Å²) >= 11 is 9.21. The van der Waals surface area contributed by atoms with Gasteiger partial charge < -0.3 is 5.11 Å². The number of rotatable bonds is 1. The first kappa shape index (κ1) is 17.3. The Kier molecular flexibility index (Phi) is 4.35. The van der Waals surface area contributed by atoms with E-state index in [9.17, 15) is 5.11 Å². The second-order valence-electron chi connectivity index (χ2n) is 7.46. The first-order chi connectivity index (χ1) is 9.91. The number of phenols is 1. The summed E-state index contributed by atoms with van der Waals surface area (Å²) in [6.07, 6.45) is 0. The van der Waals surface area contributed by atoms with Gasteiger partial charge in [-0.15, -0.1) is 15.0 Å². The molecule has 0 amide bonds. The predicted octanol–water partition coefficient (Wildman–Crippen LogP) is 4.98. The van der Waals surface area contributed by atoms with Crippen LogP contribution in [-0.2, 0) is 10.8 Å². The minimum absolute atomic E-state index is 0.0589. The fraction of sp³-hybridized carbons (Fsp3) is 0.500. The van der Waals surface area contributed by atoms with E-state index in [0.717, 1.165) is 11.1 Å². The molecule has 2 rings (SSSR count). The van der Waals surface area contributed by atoms with Crippen LogP contribution in [-0.4, -0.2) is 20.1 Å². The molecule has 1 heterocycles. The van der Waals surface area contributed by atoms with Crippen LogP contribution in [0.4, 0.5) is 0 Å². The van der Waals surface area contributed by atoms with Gasteiger partial charge >= 0.3 is 0 Å². The zero-order chi connectivity index (χ0) is 16.9. The van der Waals surface area contributed by atoms with E-state index in [1.165, 1.54) is 4.80 Å². The van der Waals surface area contributed by atoms with Crippen LogP contribution in [0.1, 0.15) is 52.7 Å². The Balaban J connectivity index is 2.77. The minimum Gasteiger partial charge on any atom is -0.505 e. The highest BCUT2D eigenvalue weighted by Gasteiger charge is 2.26. The van der Waals surface area contributed by atoms with Crippen LogP contribution >= 0.6 is 27.5 Å². The Labute approximate surface area is 144 Å². The van der Waals surface area contributed by atoms with E-state index < -0.39 is 0 Å². The number of aromatic hydroxyl groups is 1. The van der Waals surface area contributed by atoms with E-state index in [-0.39, 0.29) is 21.7 Å². The van der Waals surface area contributed by atoms with Crippen molar-refractivity contribution >= 4 is 27.5 Å². The van der Waals surface area contributed by atoms with E-state index >= 15 is 0 Å². The third kappa shape index (κ3) is 3.30. The molecule has 0 radical (unpaired) electrons. The van der Waals surface area contributed by atoms with Gasteiger partial charge in [0.25, 0.3) is 0 Å². The van der Waals surface area contributed by atoms with Crippen molar-refractivity contribution in [3.05, 3.63) is 33.0 Å². The molecule has 0 spiro atoms. The number of halogens is 2. The minimum atomic E-state index is -0.200. The molecule has 0 bridgehead atoms. The van der Waals surface area contributed by atoms with Crippen molar-refractivity contribution in [3.8, 4) is 11.4 Å². The quantitative estimate of drug-likeness (QED) is 0.751. The maximum absolute atomic E-state index is 10.7. The summed E-state index contributed by atoms with van der Waals surface area (Å²) in [5.41, 5.74) is 2.24. The summed E-state index contributed by atoms with van der Waals surface area (Å²) in [6, 6.07) is 3.96. The average Bonchev–Trinajstić information content (AvgIpc) is 2.66. The molecule has 0 saturated carbocycles. The maximum Gasteiger partial charge on any atom is 0.186 e. The van der Waals surface area contributed by atoms with Crippen molar-refractivity contribution in [2.75, 3.05) is 0 Å². The summed E-state index contributed by atoms with van der Waals surface area (Å²) in [6.45, 7) is 12.6. The van der Waals surface area contributed by atoms with Gasteiger partial charge in [-0.1, -0.05) is 59.2 Å². The van der Waals surface area contributed by atoms with E-state index in [2.05, 4.69) is 73.7 Å². The highest BCUT2D eigenvalue weighted by Crippen LogP contribution is 2.39. The number of phenolic OH excluding ortho intramolecular Hbond substituents is 1. The predicted molar refractivity (Wildman–Crippen MR) is 93.1 cm³/mol. The second-order valence-corrected chi connectivity index (χ2v) is 8.57. The molecular formula is C16H21BrClN3O. The second kappa shape index (κ2) is 5.53. The molecule has 0 aliphatic carbocycles. The monoisotopic (exact) mass is 385 g/mol. The van der Waals surface area contributed by atoms with E-state index in [1.807, 2.05) is 6.07 Å². The van der Waals surface area contributed by atoms with Crippen LogP contribution in [0.5, 0.6) is 5.75 Å². The smallest absolute Gasteiger partial charge is 0.186 e. The van der Waals surface area contributed by atoms with Crippen molar-refractivity contribution in [2.24, 2.45) is 0 Å². The van der Waals surface area contributed by atoms with Gasteiger partial charge in [0.15, 0.2) is 9.76 Å². The maximum atomic E-state index is 10.7. The van der Waals surface area contributed by atoms with Gasteiger partial charge in [-0.05, 0) is 38.4 Å². The van der Waals surface area contributed by atoms with Crippen LogP contribution in [0.2, 0.25) is 5.15 Å². The van der Waals surface area contributed by atoms with Gasteiger partial charge in [0.1, 0.15) is 11.4 Å². The Morgan fingerprint density at radius 3 is 2.05 bits per heavy atom. The third-order valence-electron chi connectivity index (χ3n) is 3.51. The Morgan fingerprint density at radius 1 is 1.05 bits per heavy atom. The average molecular weight is 387 g/mol. The highest BCUT2D eigenvalue weighted by atomic mass is 79.9. The lowest BCUT2D eigenvalue weighted by Gasteiger charge is -2.27. The molecule has 0 atom stereocenters. The Morgan fingerprint density at radius 2 is 1.64 bits per heavy atom. The molecule has 120 valence electrons. The van der Waals surface area contributed by atoms with Crippen LogP contribution in [0.3, 0.4) is 0 Å². The van der Waals surface area contributed by atoms with Crippen LogP contribution in [0.25, 0.3) is 5.69 Å². The van der Waals surface area contributed by atoms with Crippen LogP contribution in [0, 0.1) is 0 Å². The molecule has 6 heteroatoms. The lowest BCUT2D eigenvalue weighted by atomic mass is 9.80. The Bertz CT molecular complexity index is 692. The lowest BCUT2D eigenvalue weighted by Crippen LogP contribution is -2.18. The largest absolute Gasteiger partial charge is 0.505 e. The number of aromatic nitrogens is 3. The molecule has 0 aliphatic heterocycles. The highest BCUT2D eigenvalue weighted by molar-refractivity contribution is 9.10. The molecule has 4 nitrogen and oxygen atoms in total. The van der Waals surface area contributed by atoms with Gasteiger partial charge in [-0.25, -0.2) is 0 Å². The van der Waals surface area contributed by atoms with Gasteiger partial charge in [0.2, 0.25) is 0 Å². The topological polar surface area (TPSA) is 50.9 Å². The molecule has 1 aromatic carbocycles. The zero-order valence-corrected chi connectivity index (χ0v) is 16.0. The molecule has 1 aromatic heterocycles. The lowest BCUT2D eigenvalue weighted by molar-refractivity contribution is 0.438. The number of benzene rings is 1. The third-order valence-corrected chi connectivity index (χ3v) is 4.53. The summed E-state index contributed by atoms with van der Waals surface area (Å²) < 4.78 is 0.451. The SMILES string of the molecule is CC(C)(C)c1cc(-n2nc(Cl)c(Br)n2)c(O)c(C(C)(C)C)c1. The molecular weight excluding hydrogens is 366 g/mol. The molecule has 0 fully saturated rings. The van der Waals surface area contributed by atoms with Crippen molar-refractivity contribution in [3.63, 3.8) is 0 Å². The fourth-order valence-corrected chi connectivity index (χ4v) is 2.49. The van der Waals surface area contributed by atoms with Gasteiger partial charge in [-0.2, -0.15) is 0 Å². The Hall–Kier alpha value is -1.07. The van der Waals surface area contributed by atoms with Crippen molar-refractivity contribution in [1.82, 2.24) is 15.0 Å². The molecule has 0 saturated heterocycles. The van der Waals surface area contributed by atoms with Crippen molar-refractivity contribution in [1.29, 1.82) is 0 Å². The van der Waals surface area contributed by atoms with Gasteiger partial charge in [0.05, 0.1) is 0 Å². The number of hydrogen-bond donors (Lipinski definition) is 1. The van der Waals surface area contributed by atoms with Crippen LogP contribution in [0.15, 0.2) is 16.7 Å². The first-order valence-electron chi connectivity index (χ1n) is 7.08. The standard InChI is InChI=1S/C16H21BrClN3O/c1-15(2,3)9-7-10(16(4,5)6)12(22)11(8-9)21-19-13(17)14(18)20-21/h7-8,22H,1-6H3. The summed E-state index contributed by atoms with van der Waals surface area (Å²) in [5.74, 6) is 0.180. The molecule has 0 unspecified atom stereocenters. The van der Waals surface area contributed by atoms with Crippen molar-refractivity contribution < 1.29 is 5.11 Å². The molecule has 2 aromatic rings. The van der Waals surface area contributed by atoms with E-state index in [0.29, 0.717) is 10.3 Å². The molecule has 1 N–H and O–H groups in total. The van der Waals surface area contributed by atoms with Gasteiger partial charge in [-0.3, -0.25) is 0 Å². The van der Waals surface area contributed by atoms with Crippen LogP contribution < -0.4 is 0 Å². The fourth-order valence-electron chi connectivity index (χ4n) is 2.16. The number of hydrogen-bond acceptors (Lipinski definition) is 3. The molecule has 22 heavy (non-hydrogen) atoms. The summed E-state index contributed by atoms with van der Waals surface area (Å²) in [5, 5.41) is 19.3. The molecule has 0 aliphatic rings. The van der Waals surface area contributed by atoms with Gasteiger partial charge in [0, 0.05) is 5.56 Å². The normalized spacial score (nSPS) is 12.7. The van der Waals surface area contributed by atoms with E-state index in [1.54, 1.807) is 0 Å². The first-order valence-corrected chi connectivity index (χ1v) is 8.25. The summed E-state index contributed by atoms with van der Waals surface area (Å²) in [7, 11) is 0. The summed E-state index contributed by atoms with van der Waals surface area (Å²) in [4.78, 5) is 1.37. The van der Waals surface area contributed by atoms with Crippen molar-refractivity contribution in [2.45, 2.75) is 52.4 Å².